The third kappa shape index (κ3) is 4.15. The lowest BCUT2D eigenvalue weighted by Crippen LogP contribution is -2.29. The average molecular weight is 343 g/mol. The van der Waals surface area contributed by atoms with Crippen LogP contribution in [-0.4, -0.2) is 51.7 Å². The Kier molecular flexibility index (Phi) is 5.63. The minimum absolute atomic E-state index is 0.00721. The first-order chi connectivity index (χ1) is 12.2. The Morgan fingerprint density at radius 1 is 1.32 bits per heavy atom. The molecule has 7 heteroatoms. The maximum Gasteiger partial charge on any atom is 0.253 e. The second kappa shape index (κ2) is 8.09. The van der Waals surface area contributed by atoms with Gasteiger partial charge in [-0.3, -0.25) is 4.79 Å². The van der Waals surface area contributed by atoms with Gasteiger partial charge in [-0.15, -0.1) is 5.10 Å². The van der Waals surface area contributed by atoms with Gasteiger partial charge in [-0.1, -0.05) is 32.1 Å². The Hall–Kier alpha value is -2.44. The molecule has 2 aromatic rings. The minimum atomic E-state index is 0.00721. The lowest BCUT2D eigenvalue weighted by atomic mass is 9.87. The summed E-state index contributed by atoms with van der Waals surface area (Å²) in [5, 5.41) is 11.2. The van der Waals surface area contributed by atoms with Crippen LogP contribution >= 0.6 is 0 Å². The molecule has 0 atom stereocenters. The van der Waals surface area contributed by atoms with E-state index in [2.05, 4.69) is 15.5 Å². The Labute approximate surface area is 148 Å². The summed E-state index contributed by atoms with van der Waals surface area (Å²) in [6.07, 6.45) is 9.18. The molecule has 0 N–H and O–H groups in total. The van der Waals surface area contributed by atoms with Crippen molar-refractivity contribution in [3.05, 3.63) is 30.1 Å². The summed E-state index contributed by atoms with van der Waals surface area (Å²) in [4.78, 5) is 14.6. The quantitative estimate of drug-likeness (QED) is 0.806. The molecular formula is C18H25N5O2. The first-order valence-electron chi connectivity index (χ1n) is 8.86. The van der Waals surface area contributed by atoms with Crippen LogP contribution in [0.5, 0.6) is 5.75 Å². The first kappa shape index (κ1) is 17.4. The number of tetrazole rings is 1. The molecule has 0 spiro atoms. The van der Waals surface area contributed by atoms with E-state index < -0.39 is 0 Å². The molecule has 0 aliphatic heterocycles. The highest BCUT2D eigenvalue weighted by Gasteiger charge is 2.18. The maximum atomic E-state index is 12.8. The number of carbonyl (C=O) groups excluding carboxylic acids is 1. The van der Waals surface area contributed by atoms with Gasteiger partial charge in [0.15, 0.2) is 0 Å². The van der Waals surface area contributed by atoms with Gasteiger partial charge in [0.25, 0.3) is 5.91 Å². The number of benzene rings is 1. The summed E-state index contributed by atoms with van der Waals surface area (Å²) in [6, 6.07) is 5.33. The van der Waals surface area contributed by atoms with Crippen LogP contribution in [0.3, 0.4) is 0 Å². The molecule has 3 rings (SSSR count). The highest BCUT2D eigenvalue weighted by atomic mass is 16.5. The number of carbonyl (C=O) groups is 1. The lowest BCUT2D eigenvalue weighted by molar-refractivity contribution is 0.0783. The number of methoxy groups -OCH3 is 1. The predicted molar refractivity (Wildman–Crippen MR) is 93.9 cm³/mol. The van der Waals surface area contributed by atoms with Crippen molar-refractivity contribution >= 4 is 5.91 Å². The van der Waals surface area contributed by atoms with Gasteiger partial charge in [-0.05, 0) is 41.0 Å². The van der Waals surface area contributed by atoms with E-state index in [4.69, 9.17) is 4.74 Å². The fourth-order valence-corrected chi connectivity index (χ4v) is 3.45. The predicted octanol–water partition coefficient (Wildman–Crippen LogP) is 2.71. The van der Waals surface area contributed by atoms with Gasteiger partial charge in [0, 0.05) is 19.2 Å². The number of aromatic nitrogens is 4. The van der Waals surface area contributed by atoms with Crippen molar-refractivity contribution in [3.63, 3.8) is 0 Å². The van der Waals surface area contributed by atoms with Gasteiger partial charge >= 0.3 is 0 Å². The summed E-state index contributed by atoms with van der Waals surface area (Å²) < 4.78 is 6.85. The van der Waals surface area contributed by atoms with Crippen molar-refractivity contribution in [3.8, 4) is 11.4 Å². The van der Waals surface area contributed by atoms with Crippen molar-refractivity contribution in [2.45, 2.75) is 38.5 Å². The molecule has 1 aliphatic carbocycles. The fraction of sp³-hybridized carbons (Fsp3) is 0.556. The summed E-state index contributed by atoms with van der Waals surface area (Å²) in [6.45, 7) is 0.787. The second-order valence-electron chi connectivity index (χ2n) is 6.66. The van der Waals surface area contributed by atoms with Gasteiger partial charge in [-0.2, -0.15) is 4.68 Å². The van der Waals surface area contributed by atoms with Crippen LogP contribution in [0.2, 0.25) is 0 Å². The number of hydrogen-bond acceptors (Lipinski definition) is 5. The minimum Gasteiger partial charge on any atom is -0.494 e. The number of ether oxygens (including phenoxy) is 1. The van der Waals surface area contributed by atoms with Crippen molar-refractivity contribution in [1.29, 1.82) is 0 Å². The Balaban J connectivity index is 1.69. The third-order valence-corrected chi connectivity index (χ3v) is 4.97. The molecule has 7 nitrogen and oxygen atoms in total. The van der Waals surface area contributed by atoms with Gasteiger partial charge in [-0.25, -0.2) is 0 Å². The van der Waals surface area contributed by atoms with E-state index >= 15 is 0 Å². The largest absolute Gasteiger partial charge is 0.494 e. The Morgan fingerprint density at radius 2 is 2.12 bits per heavy atom. The molecule has 1 saturated carbocycles. The normalized spacial score (nSPS) is 15.1. The van der Waals surface area contributed by atoms with Crippen LogP contribution in [0.25, 0.3) is 5.69 Å². The van der Waals surface area contributed by atoms with E-state index in [1.54, 1.807) is 30.2 Å². The lowest BCUT2D eigenvalue weighted by Gasteiger charge is -2.25. The molecule has 0 unspecified atom stereocenters. The maximum absolute atomic E-state index is 12.8. The van der Waals surface area contributed by atoms with Gasteiger partial charge in [0.2, 0.25) is 0 Å². The molecule has 0 bridgehead atoms. The summed E-state index contributed by atoms with van der Waals surface area (Å²) in [5.41, 5.74) is 1.26. The number of nitrogens with zero attached hydrogens (tertiary/aromatic N) is 5. The average Bonchev–Trinajstić information content (AvgIpc) is 3.20. The number of rotatable bonds is 6. The van der Waals surface area contributed by atoms with Crippen LogP contribution in [0.15, 0.2) is 24.5 Å². The van der Waals surface area contributed by atoms with Crippen LogP contribution in [-0.2, 0) is 0 Å². The van der Waals surface area contributed by atoms with Crippen molar-refractivity contribution in [1.82, 2.24) is 25.1 Å². The highest BCUT2D eigenvalue weighted by Crippen LogP contribution is 2.27. The van der Waals surface area contributed by atoms with E-state index in [1.807, 2.05) is 7.05 Å². The second-order valence-corrected chi connectivity index (χ2v) is 6.66. The molecule has 25 heavy (non-hydrogen) atoms. The standard InChI is InChI=1S/C18H25N5O2/c1-22(11-10-14-6-4-3-5-7-14)18(24)15-8-9-17(25-2)16(12-15)23-13-19-20-21-23/h8-9,12-14H,3-7,10-11H2,1-2H3. The van der Waals surface area contributed by atoms with Crippen molar-refractivity contribution in [2.24, 2.45) is 5.92 Å². The van der Waals surface area contributed by atoms with E-state index in [1.165, 1.54) is 43.1 Å². The van der Waals surface area contributed by atoms with Crippen LogP contribution in [0, 0.1) is 5.92 Å². The van der Waals surface area contributed by atoms with Crippen LogP contribution in [0.4, 0.5) is 0 Å². The molecule has 1 amide bonds. The third-order valence-electron chi connectivity index (χ3n) is 4.97. The zero-order chi connectivity index (χ0) is 17.6. The van der Waals surface area contributed by atoms with Gasteiger partial charge < -0.3 is 9.64 Å². The monoisotopic (exact) mass is 343 g/mol. The fourth-order valence-electron chi connectivity index (χ4n) is 3.45. The number of amides is 1. The Bertz CT molecular complexity index is 695. The van der Waals surface area contributed by atoms with E-state index in [0.717, 1.165) is 18.9 Å². The van der Waals surface area contributed by atoms with Crippen LogP contribution < -0.4 is 4.74 Å². The molecule has 134 valence electrons. The van der Waals surface area contributed by atoms with Gasteiger partial charge in [0.05, 0.1) is 7.11 Å². The topological polar surface area (TPSA) is 73.1 Å². The van der Waals surface area contributed by atoms with Crippen molar-refractivity contribution in [2.75, 3.05) is 20.7 Å². The molecule has 1 fully saturated rings. The molecular weight excluding hydrogens is 318 g/mol. The van der Waals surface area contributed by atoms with Gasteiger partial charge in [0.1, 0.15) is 17.8 Å². The molecule has 0 radical (unpaired) electrons. The first-order valence-corrected chi connectivity index (χ1v) is 8.86. The summed E-state index contributed by atoms with van der Waals surface area (Å²) in [5.74, 6) is 1.39. The summed E-state index contributed by atoms with van der Waals surface area (Å²) in [7, 11) is 3.45. The molecule has 1 aromatic carbocycles. The highest BCUT2D eigenvalue weighted by molar-refractivity contribution is 5.95. The smallest absolute Gasteiger partial charge is 0.253 e. The Morgan fingerprint density at radius 3 is 2.80 bits per heavy atom. The molecule has 1 aliphatic rings. The SMILES string of the molecule is COc1ccc(C(=O)N(C)CCC2CCCCC2)cc1-n1cnnn1. The number of hydrogen-bond donors (Lipinski definition) is 0. The zero-order valence-electron chi connectivity index (χ0n) is 14.9. The van der Waals surface area contributed by atoms with Crippen LogP contribution in [0.1, 0.15) is 48.9 Å². The molecule has 1 aromatic heterocycles. The van der Waals surface area contributed by atoms with E-state index in [9.17, 15) is 4.79 Å². The van der Waals surface area contributed by atoms with Crippen molar-refractivity contribution < 1.29 is 9.53 Å². The molecule has 1 heterocycles. The zero-order valence-corrected chi connectivity index (χ0v) is 14.9. The van der Waals surface area contributed by atoms with E-state index in [0.29, 0.717) is 17.0 Å². The molecule has 0 saturated heterocycles. The summed E-state index contributed by atoms with van der Waals surface area (Å²) >= 11 is 0. The van der Waals surface area contributed by atoms with E-state index in [-0.39, 0.29) is 5.91 Å².